The highest BCUT2D eigenvalue weighted by Gasteiger charge is 2.18. The predicted octanol–water partition coefficient (Wildman–Crippen LogP) is 0.245. The Labute approximate surface area is 106 Å². The van der Waals surface area contributed by atoms with Gasteiger partial charge < -0.3 is 10.3 Å². The van der Waals surface area contributed by atoms with Crippen LogP contribution in [0.15, 0.2) is 29.4 Å². The summed E-state index contributed by atoms with van der Waals surface area (Å²) in [5.41, 5.74) is 7.04. The molecule has 1 heterocycles. The molecule has 0 saturated carbocycles. The summed E-state index contributed by atoms with van der Waals surface area (Å²) in [7, 11) is -0.399. The number of nitrogens with zero attached hydrogens (tertiary/aromatic N) is 3. The molecule has 2 rings (SSSR count). The molecule has 0 unspecified atom stereocenters. The number of aromatic nitrogens is 2. The molecule has 0 aliphatic carbocycles. The van der Waals surface area contributed by atoms with E-state index in [1.165, 1.54) is 18.4 Å². The summed E-state index contributed by atoms with van der Waals surface area (Å²) in [5.74, 6) is 0. The lowest BCUT2D eigenvalue weighted by atomic mass is 10.3. The minimum atomic E-state index is -3.41. The lowest BCUT2D eigenvalue weighted by molar-refractivity contribution is 0.521. The molecule has 1 aromatic carbocycles. The molecule has 1 aromatic heterocycles. The summed E-state index contributed by atoms with van der Waals surface area (Å²) in [4.78, 5) is 4.44. The van der Waals surface area contributed by atoms with E-state index in [4.69, 9.17) is 5.73 Å². The van der Waals surface area contributed by atoms with Crippen LogP contribution in [0.5, 0.6) is 0 Å². The third-order valence-electron chi connectivity index (χ3n) is 2.74. The summed E-state index contributed by atoms with van der Waals surface area (Å²) in [5, 5.41) is 0. The molecular weight excluding hydrogens is 252 g/mol. The topological polar surface area (TPSA) is 81.2 Å². The van der Waals surface area contributed by atoms with Crippen LogP contribution in [0.4, 0.5) is 0 Å². The second-order valence-corrected chi connectivity index (χ2v) is 6.32. The zero-order valence-corrected chi connectivity index (χ0v) is 11.2. The molecule has 0 fully saturated rings. The fraction of sp³-hybridized carbons (Fsp3) is 0.364. The van der Waals surface area contributed by atoms with Crippen molar-refractivity contribution in [3.63, 3.8) is 0 Å². The third-order valence-corrected chi connectivity index (χ3v) is 4.55. The van der Waals surface area contributed by atoms with Gasteiger partial charge in [-0.2, -0.15) is 0 Å². The summed E-state index contributed by atoms with van der Waals surface area (Å²) < 4.78 is 27.0. The number of hydrogen-bond donors (Lipinski definition) is 1. The van der Waals surface area contributed by atoms with Crippen molar-refractivity contribution < 1.29 is 8.42 Å². The van der Waals surface area contributed by atoms with Gasteiger partial charge >= 0.3 is 0 Å². The number of sulfonamides is 1. The van der Waals surface area contributed by atoms with E-state index < -0.39 is 10.0 Å². The molecule has 98 valence electrons. The van der Waals surface area contributed by atoms with E-state index in [1.54, 1.807) is 24.5 Å². The molecule has 0 saturated heterocycles. The Bertz CT molecular complexity index is 661. The number of nitrogens with two attached hydrogens (primary N) is 1. The van der Waals surface area contributed by atoms with Gasteiger partial charge in [-0.25, -0.2) is 17.7 Å². The van der Waals surface area contributed by atoms with E-state index in [-0.39, 0.29) is 4.90 Å². The van der Waals surface area contributed by atoms with Gasteiger partial charge in [0.1, 0.15) is 0 Å². The predicted molar refractivity (Wildman–Crippen MR) is 69.7 cm³/mol. The monoisotopic (exact) mass is 268 g/mol. The summed E-state index contributed by atoms with van der Waals surface area (Å²) >= 11 is 0. The molecular formula is C11H16N4O2S. The van der Waals surface area contributed by atoms with Crippen LogP contribution in [0.1, 0.15) is 0 Å². The normalized spacial score (nSPS) is 12.4. The largest absolute Gasteiger partial charge is 0.329 e. The Morgan fingerprint density at radius 2 is 2.11 bits per heavy atom. The molecule has 0 spiro atoms. The van der Waals surface area contributed by atoms with Gasteiger partial charge in [-0.1, -0.05) is 0 Å². The highest BCUT2D eigenvalue weighted by molar-refractivity contribution is 7.89. The van der Waals surface area contributed by atoms with E-state index >= 15 is 0 Å². The Morgan fingerprint density at radius 3 is 2.72 bits per heavy atom. The van der Waals surface area contributed by atoms with Crippen LogP contribution in [-0.4, -0.2) is 42.9 Å². The van der Waals surface area contributed by atoms with Crippen LogP contribution in [0.2, 0.25) is 0 Å². The molecule has 6 nitrogen and oxygen atoms in total. The Balaban J connectivity index is 2.53. The smallest absolute Gasteiger partial charge is 0.242 e. The molecule has 2 N–H and O–H groups in total. The van der Waals surface area contributed by atoms with Gasteiger partial charge in [0.2, 0.25) is 10.0 Å². The number of rotatable bonds is 4. The molecule has 0 radical (unpaired) electrons. The van der Waals surface area contributed by atoms with E-state index in [2.05, 4.69) is 4.98 Å². The summed E-state index contributed by atoms with van der Waals surface area (Å²) in [6, 6.07) is 4.93. The van der Waals surface area contributed by atoms with E-state index in [1.807, 2.05) is 4.57 Å². The molecule has 2 aromatic rings. The zero-order valence-electron chi connectivity index (χ0n) is 10.4. The highest BCUT2D eigenvalue weighted by atomic mass is 32.2. The van der Waals surface area contributed by atoms with Crippen LogP contribution in [0.3, 0.4) is 0 Å². The molecule has 0 aliphatic rings. The average molecular weight is 268 g/mol. The fourth-order valence-electron chi connectivity index (χ4n) is 1.73. The summed E-state index contributed by atoms with van der Waals surface area (Å²) in [6.45, 7) is 1.18. The first-order valence-electron chi connectivity index (χ1n) is 5.54. The quantitative estimate of drug-likeness (QED) is 0.861. The van der Waals surface area contributed by atoms with Crippen molar-refractivity contribution in [1.82, 2.24) is 13.9 Å². The zero-order chi connectivity index (χ0) is 13.3. The maximum atomic E-state index is 12.0. The number of fused-ring (bicyclic) bond motifs is 1. The fourth-order valence-corrected chi connectivity index (χ4v) is 2.65. The van der Waals surface area contributed by atoms with E-state index in [0.29, 0.717) is 18.6 Å². The van der Waals surface area contributed by atoms with Crippen molar-refractivity contribution in [2.45, 2.75) is 11.4 Å². The highest BCUT2D eigenvalue weighted by Crippen LogP contribution is 2.19. The number of benzene rings is 1. The van der Waals surface area contributed by atoms with Crippen LogP contribution in [0.25, 0.3) is 11.0 Å². The Morgan fingerprint density at radius 1 is 1.39 bits per heavy atom. The first-order chi connectivity index (χ1) is 8.46. The van der Waals surface area contributed by atoms with Crippen molar-refractivity contribution in [3.8, 4) is 0 Å². The van der Waals surface area contributed by atoms with E-state index in [0.717, 1.165) is 5.52 Å². The molecule has 7 heteroatoms. The maximum absolute atomic E-state index is 12.0. The van der Waals surface area contributed by atoms with Gasteiger partial charge in [-0.3, -0.25) is 0 Å². The minimum absolute atomic E-state index is 0.248. The second kappa shape index (κ2) is 4.68. The van der Waals surface area contributed by atoms with Crippen LogP contribution in [-0.2, 0) is 16.6 Å². The van der Waals surface area contributed by atoms with Crippen molar-refractivity contribution >= 4 is 21.1 Å². The standard InChI is InChI=1S/C11H16N4O2S/c1-14(2)18(16,17)9-3-4-11-10(7-9)13-8-15(11)6-5-12/h3-4,7-8H,5-6,12H2,1-2H3. The van der Waals surface area contributed by atoms with Crippen LogP contribution < -0.4 is 5.73 Å². The van der Waals surface area contributed by atoms with Gasteiger partial charge in [0.25, 0.3) is 0 Å². The minimum Gasteiger partial charge on any atom is -0.329 e. The van der Waals surface area contributed by atoms with Crippen molar-refractivity contribution in [3.05, 3.63) is 24.5 Å². The lowest BCUT2D eigenvalue weighted by Gasteiger charge is -2.11. The van der Waals surface area contributed by atoms with Crippen molar-refractivity contribution in [2.75, 3.05) is 20.6 Å². The molecule has 0 aliphatic heterocycles. The van der Waals surface area contributed by atoms with Gasteiger partial charge in [-0.15, -0.1) is 0 Å². The summed E-state index contributed by atoms with van der Waals surface area (Å²) in [6.07, 6.45) is 1.67. The van der Waals surface area contributed by atoms with Gasteiger partial charge in [0.05, 0.1) is 22.3 Å². The average Bonchev–Trinajstić information content (AvgIpc) is 2.72. The van der Waals surface area contributed by atoms with Gasteiger partial charge in [0, 0.05) is 27.2 Å². The number of imidazole rings is 1. The molecule has 0 amide bonds. The van der Waals surface area contributed by atoms with Crippen LogP contribution >= 0.6 is 0 Å². The van der Waals surface area contributed by atoms with Gasteiger partial charge in [0.15, 0.2) is 0 Å². The molecule has 0 bridgehead atoms. The molecule has 0 atom stereocenters. The Kier molecular flexibility index (Phi) is 3.38. The molecule has 18 heavy (non-hydrogen) atoms. The first kappa shape index (κ1) is 13.0. The third kappa shape index (κ3) is 2.12. The van der Waals surface area contributed by atoms with Gasteiger partial charge in [-0.05, 0) is 18.2 Å². The second-order valence-electron chi connectivity index (χ2n) is 4.16. The van der Waals surface area contributed by atoms with Crippen molar-refractivity contribution in [1.29, 1.82) is 0 Å². The van der Waals surface area contributed by atoms with Crippen LogP contribution in [0, 0.1) is 0 Å². The lowest BCUT2D eigenvalue weighted by Crippen LogP contribution is -2.22. The van der Waals surface area contributed by atoms with Crippen molar-refractivity contribution in [2.24, 2.45) is 5.73 Å². The first-order valence-corrected chi connectivity index (χ1v) is 6.98. The SMILES string of the molecule is CN(C)S(=O)(=O)c1ccc2c(c1)ncn2CCN. The Hall–Kier alpha value is -1.44. The number of hydrogen-bond acceptors (Lipinski definition) is 4. The maximum Gasteiger partial charge on any atom is 0.242 e. The van der Waals surface area contributed by atoms with E-state index in [9.17, 15) is 8.42 Å².